The van der Waals surface area contributed by atoms with Gasteiger partial charge in [0.1, 0.15) is 11.9 Å². The molecule has 0 spiro atoms. The summed E-state index contributed by atoms with van der Waals surface area (Å²) in [5, 5.41) is 10.6. The zero-order valence-corrected chi connectivity index (χ0v) is 28.8. The molecule has 3 aromatic carbocycles. The molecule has 10 nitrogen and oxygen atoms in total. The van der Waals surface area contributed by atoms with Crippen molar-refractivity contribution in [2.24, 2.45) is 0 Å². The number of halogens is 3. The number of carbonyl (C=O) groups is 3. The number of amides is 3. The van der Waals surface area contributed by atoms with E-state index < -0.39 is 35.5 Å². The van der Waals surface area contributed by atoms with E-state index in [-0.39, 0.29) is 30.7 Å². The van der Waals surface area contributed by atoms with Crippen molar-refractivity contribution in [1.29, 1.82) is 0 Å². The number of morpholine rings is 1. The molecule has 3 amide bonds. The molecule has 3 aliphatic heterocycles. The molecule has 7 rings (SSSR count). The summed E-state index contributed by atoms with van der Waals surface area (Å²) in [4.78, 5) is 45.0. The number of fused-ring (bicyclic) bond motifs is 3. The molecule has 2 N–H and O–H groups in total. The van der Waals surface area contributed by atoms with Gasteiger partial charge in [-0.25, -0.2) is 4.68 Å². The molecule has 2 fully saturated rings. The van der Waals surface area contributed by atoms with Crippen molar-refractivity contribution in [2.45, 2.75) is 57.1 Å². The van der Waals surface area contributed by atoms with Crippen LogP contribution in [0.2, 0.25) is 0 Å². The monoisotopic (exact) mass is 712 g/mol. The number of alkyl halides is 3. The summed E-state index contributed by atoms with van der Waals surface area (Å²) in [7, 11) is 0. The summed E-state index contributed by atoms with van der Waals surface area (Å²) >= 11 is 0. The minimum atomic E-state index is -4.65. The van der Waals surface area contributed by atoms with Crippen LogP contribution in [0.3, 0.4) is 0 Å². The lowest BCUT2D eigenvalue weighted by atomic mass is 9.80. The lowest BCUT2D eigenvalue weighted by Crippen LogP contribution is -2.55. The SMILES string of the molecule is C=C(CN1CC2CC1CO2)C(=O)NCc1cccc([C@@H]2c3c(C)nn(-c4ccccc4)c3N(CC)C(=O)[C@H]2NC(=O)c2cccc(C(F)(F)F)c2)c1. The van der Waals surface area contributed by atoms with Gasteiger partial charge in [0, 0.05) is 54.8 Å². The minimum absolute atomic E-state index is 0.180. The van der Waals surface area contributed by atoms with Crippen LogP contribution in [0, 0.1) is 6.92 Å². The summed E-state index contributed by atoms with van der Waals surface area (Å²) in [6.45, 7) is 9.98. The molecular weight excluding hydrogens is 673 g/mol. The first kappa shape index (κ1) is 35.1. The van der Waals surface area contributed by atoms with Crippen molar-refractivity contribution in [3.63, 3.8) is 0 Å². The average Bonchev–Trinajstić information content (AvgIpc) is 3.86. The number of hydrogen-bond acceptors (Lipinski definition) is 6. The van der Waals surface area contributed by atoms with E-state index in [1.54, 1.807) is 9.58 Å². The van der Waals surface area contributed by atoms with Crippen molar-refractivity contribution in [3.05, 3.63) is 125 Å². The van der Waals surface area contributed by atoms with E-state index in [9.17, 15) is 27.6 Å². The van der Waals surface area contributed by atoms with Crippen LogP contribution < -0.4 is 15.5 Å². The number of para-hydroxylation sites is 1. The molecule has 2 unspecified atom stereocenters. The van der Waals surface area contributed by atoms with Gasteiger partial charge in [0.05, 0.1) is 29.7 Å². The summed E-state index contributed by atoms with van der Waals surface area (Å²) in [5.41, 5.74) is 2.70. The van der Waals surface area contributed by atoms with Gasteiger partial charge in [0.2, 0.25) is 5.91 Å². The second-order valence-electron chi connectivity index (χ2n) is 13.5. The fraction of sp³-hybridized carbons (Fsp3) is 0.333. The van der Waals surface area contributed by atoms with Crippen LogP contribution in [0.4, 0.5) is 19.0 Å². The molecule has 0 aliphatic carbocycles. The van der Waals surface area contributed by atoms with Crippen LogP contribution in [0.15, 0.2) is 91.0 Å². The molecule has 4 aromatic rings. The average molecular weight is 713 g/mol. The van der Waals surface area contributed by atoms with Gasteiger partial charge in [0.25, 0.3) is 11.8 Å². The maximum absolute atomic E-state index is 14.5. The van der Waals surface area contributed by atoms with E-state index in [1.165, 1.54) is 12.1 Å². The van der Waals surface area contributed by atoms with E-state index in [0.717, 1.165) is 36.3 Å². The zero-order valence-electron chi connectivity index (χ0n) is 28.8. The number of nitrogens with one attached hydrogen (secondary N) is 2. The minimum Gasteiger partial charge on any atom is -0.375 e. The second kappa shape index (κ2) is 14.0. The van der Waals surface area contributed by atoms with Gasteiger partial charge < -0.3 is 15.4 Å². The fourth-order valence-corrected chi connectivity index (χ4v) is 7.55. The summed E-state index contributed by atoms with van der Waals surface area (Å²) in [5.74, 6) is -1.75. The Hall–Kier alpha value is -5.27. The summed E-state index contributed by atoms with van der Waals surface area (Å²) < 4.78 is 48.1. The quantitative estimate of drug-likeness (QED) is 0.221. The summed E-state index contributed by atoms with van der Waals surface area (Å²) in [6.07, 6.45) is -3.47. The number of likely N-dealkylation sites (tertiary alicyclic amines) is 1. The Bertz CT molecular complexity index is 2030. The molecule has 1 aromatic heterocycles. The Morgan fingerprint density at radius 3 is 2.50 bits per heavy atom. The van der Waals surface area contributed by atoms with Crippen LogP contribution in [0.25, 0.3) is 5.69 Å². The number of benzene rings is 3. The predicted octanol–water partition coefficient (Wildman–Crippen LogP) is 5.14. The lowest BCUT2D eigenvalue weighted by molar-refractivity contribution is -0.137. The second-order valence-corrected chi connectivity index (χ2v) is 13.5. The van der Waals surface area contributed by atoms with Crippen molar-refractivity contribution in [2.75, 3.05) is 31.1 Å². The maximum atomic E-state index is 14.5. The van der Waals surface area contributed by atoms with E-state index in [1.807, 2.05) is 68.4 Å². The Kier molecular flexibility index (Phi) is 9.49. The third-order valence-corrected chi connectivity index (χ3v) is 10.1. The number of rotatable bonds is 10. The highest BCUT2D eigenvalue weighted by Crippen LogP contribution is 2.43. The van der Waals surface area contributed by atoms with Crippen LogP contribution in [-0.4, -0.2) is 76.8 Å². The van der Waals surface area contributed by atoms with E-state index in [2.05, 4.69) is 22.1 Å². The Balaban J connectivity index is 1.22. The first-order valence-electron chi connectivity index (χ1n) is 17.3. The molecule has 270 valence electrons. The van der Waals surface area contributed by atoms with Crippen molar-refractivity contribution >= 4 is 23.5 Å². The fourth-order valence-electron chi connectivity index (χ4n) is 7.55. The Labute approximate surface area is 299 Å². The molecular formula is C39H39F3N6O4. The standard InChI is InChI=1S/C39H39F3N6O4/c1-4-47-37-32(24(3)45-48(37)29-14-6-5-7-15-29)33(34(38(47)51)44-36(50)27-12-9-13-28(17-27)39(40,41)42)26-11-8-10-25(16-26)19-43-35(49)23(2)20-46-21-31-18-30(46)22-52-31/h5-17,30-31,33-34H,2,4,18-22H2,1,3H3,(H,43,49)(H,44,50)/t30?,31?,33-,34+/m1/s1. The van der Waals surface area contributed by atoms with Crippen LogP contribution in [0.1, 0.15) is 57.6 Å². The highest BCUT2D eigenvalue weighted by molar-refractivity contribution is 6.05. The number of ether oxygens (including phenoxy) is 1. The molecule has 4 heterocycles. The number of aromatic nitrogens is 2. The first-order chi connectivity index (χ1) is 24.9. The van der Waals surface area contributed by atoms with Gasteiger partial charge >= 0.3 is 6.18 Å². The number of hydrogen-bond donors (Lipinski definition) is 2. The summed E-state index contributed by atoms with van der Waals surface area (Å²) in [6, 6.07) is 20.0. The highest BCUT2D eigenvalue weighted by atomic mass is 19.4. The molecule has 0 saturated carbocycles. The molecule has 2 saturated heterocycles. The van der Waals surface area contributed by atoms with Gasteiger partial charge in [-0.15, -0.1) is 0 Å². The maximum Gasteiger partial charge on any atom is 0.416 e. The van der Waals surface area contributed by atoms with E-state index >= 15 is 0 Å². The topological polar surface area (TPSA) is 109 Å². The zero-order chi connectivity index (χ0) is 36.7. The number of nitrogens with zero attached hydrogens (tertiary/aromatic N) is 4. The van der Waals surface area contributed by atoms with Gasteiger partial charge in [-0.3, -0.25) is 24.2 Å². The molecule has 0 radical (unpaired) electrons. The predicted molar refractivity (Wildman–Crippen MR) is 188 cm³/mol. The lowest BCUT2D eigenvalue weighted by Gasteiger charge is -2.38. The largest absolute Gasteiger partial charge is 0.416 e. The first-order valence-corrected chi connectivity index (χ1v) is 17.3. The Morgan fingerprint density at radius 2 is 1.81 bits per heavy atom. The number of anilines is 1. The highest BCUT2D eigenvalue weighted by Gasteiger charge is 2.46. The third kappa shape index (κ3) is 6.73. The van der Waals surface area contributed by atoms with Crippen LogP contribution in [0.5, 0.6) is 0 Å². The molecule has 52 heavy (non-hydrogen) atoms. The van der Waals surface area contributed by atoms with Gasteiger partial charge in [-0.2, -0.15) is 18.3 Å². The molecule has 4 atom stereocenters. The number of likely N-dealkylation sites (N-methyl/N-ethyl adjacent to an activating group) is 1. The van der Waals surface area contributed by atoms with Crippen molar-refractivity contribution in [1.82, 2.24) is 25.3 Å². The smallest absolute Gasteiger partial charge is 0.375 e. The normalized spacial score (nSPS) is 21.2. The van der Waals surface area contributed by atoms with Gasteiger partial charge in [-0.05, 0) is 61.7 Å². The molecule has 2 bridgehead atoms. The third-order valence-electron chi connectivity index (χ3n) is 10.1. The Morgan fingerprint density at radius 1 is 1.04 bits per heavy atom. The molecule has 3 aliphatic rings. The van der Waals surface area contributed by atoms with E-state index in [0.29, 0.717) is 47.4 Å². The van der Waals surface area contributed by atoms with Gasteiger partial charge in [0.15, 0.2) is 0 Å². The van der Waals surface area contributed by atoms with Crippen molar-refractivity contribution in [3.8, 4) is 5.69 Å². The van der Waals surface area contributed by atoms with Crippen LogP contribution >= 0.6 is 0 Å². The molecule has 13 heteroatoms. The number of aryl methyl sites for hydroxylation is 1. The van der Waals surface area contributed by atoms with Gasteiger partial charge in [-0.1, -0.05) is 55.1 Å². The van der Waals surface area contributed by atoms with Crippen molar-refractivity contribution < 1.29 is 32.3 Å². The number of carbonyl (C=O) groups excluding carboxylic acids is 3. The van der Waals surface area contributed by atoms with Crippen LogP contribution in [-0.2, 0) is 27.0 Å². The van der Waals surface area contributed by atoms with E-state index in [4.69, 9.17) is 9.84 Å².